The summed E-state index contributed by atoms with van der Waals surface area (Å²) in [6.45, 7) is 22.0. The number of benzene rings is 1. The molecule has 4 aliphatic rings. The Labute approximate surface area is 228 Å². The van der Waals surface area contributed by atoms with E-state index < -0.39 is 16.6 Å². The Bertz CT molecular complexity index is 1070. The van der Waals surface area contributed by atoms with Gasteiger partial charge in [0.1, 0.15) is 0 Å². The summed E-state index contributed by atoms with van der Waals surface area (Å²) < 4.78 is 21.9. The van der Waals surface area contributed by atoms with Crippen LogP contribution in [0.3, 0.4) is 0 Å². The van der Waals surface area contributed by atoms with Crippen molar-refractivity contribution in [2.45, 2.75) is 114 Å². The third-order valence-corrected chi connectivity index (χ3v) is 15.6. The topological polar surface area (TPSA) is 27.7 Å². The predicted molar refractivity (Wildman–Crippen MR) is 160 cm³/mol. The van der Waals surface area contributed by atoms with Crippen LogP contribution in [0.4, 0.5) is 0 Å². The quantitative estimate of drug-likeness (QED) is 0.268. The van der Waals surface area contributed by atoms with Crippen LogP contribution in [0.25, 0.3) is 6.08 Å². The molecule has 2 saturated heterocycles. The molecule has 0 aromatic heterocycles. The van der Waals surface area contributed by atoms with Gasteiger partial charge in [0.25, 0.3) is 0 Å². The Kier molecular flexibility index (Phi) is 6.72. The normalized spacial score (nSPS) is 38.6. The predicted octanol–water partition coefficient (Wildman–Crippen LogP) is 8.61. The summed E-state index contributed by atoms with van der Waals surface area (Å²) in [5.41, 5.74) is 2.05. The highest BCUT2D eigenvalue weighted by atomic mass is 28.4. The van der Waals surface area contributed by atoms with Gasteiger partial charge in [0.05, 0.1) is 23.4 Å². The standard InChI is InChI=1S/C32H50O3Si2/c1-24-19-28-31-18-14-13-17-26(31)21-30(34-31,23-33-37(8,9)29(2,3)4)22-32(28,35-36(5,6)7)27(24)20-25-15-11-10-12-16-25/h10-13,15-17,20,24,26,28H,14,18-19,21-23H2,1-9H3/b27-20-/t24-,26+,28-,30-,31+,32-/m0/s1. The summed E-state index contributed by atoms with van der Waals surface area (Å²) in [5, 5.41) is 0.177. The van der Waals surface area contributed by atoms with Crippen molar-refractivity contribution in [3.05, 3.63) is 53.6 Å². The zero-order valence-electron chi connectivity index (χ0n) is 24.8. The first-order chi connectivity index (χ1) is 17.1. The molecular formula is C32H50O3Si2. The number of fused-ring (bicyclic) bond motifs is 2. The molecule has 1 spiro atoms. The average molecular weight is 539 g/mol. The van der Waals surface area contributed by atoms with Gasteiger partial charge >= 0.3 is 0 Å². The Hall–Kier alpha value is -0.986. The second-order valence-corrected chi connectivity index (χ2v) is 24.3. The van der Waals surface area contributed by atoms with Gasteiger partial charge in [-0.25, -0.2) is 0 Å². The molecule has 1 saturated carbocycles. The first-order valence-corrected chi connectivity index (χ1v) is 20.9. The molecule has 1 aromatic carbocycles. The van der Waals surface area contributed by atoms with Gasteiger partial charge < -0.3 is 13.6 Å². The number of hydrogen-bond acceptors (Lipinski definition) is 3. The van der Waals surface area contributed by atoms with Crippen LogP contribution in [0.5, 0.6) is 0 Å². The van der Waals surface area contributed by atoms with E-state index in [9.17, 15) is 0 Å². The van der Waals surface area contributed by atoms with Crippen LogP contribution in [0.2, 0.25) is 37.8 Å². The first-order valence-electron chi connectivity index (χ1n) is 14.6. The lowest BCUT2D eigenvalue weighted by Gasteiger charge is -2.57. The van der Waals surface area contributed by atoms with Crippen molar-refractivity contribution in [3.63, 3.8) is 0 Å². The number of hydrogen-bond donors (Lipinski definition) is 0. The molecule has 0 N–H and O–H groups in total. The first kappa shape index (κ1) is 27.6. The van der Waals surface area contributed by atoms with Gasteiger partial charge in [-0.3, -0.25) is 0 Å². The molecule has 3 nitrogen and oxygen atoms in total. The van der Waals surface area contributed by atoms with Crippen molar-refractivity contribution >= 4 is 22.7 Å². The highest BCUT2D eigenvalue weighted by molar-refractivity contribution is 6.74. The monoisotopic (exact) mass is 538 g/mol. The minimum Gasteiger partial charge on any atom is -0.414 e. The van der Waals surface area contributed by atoms with E-state index in [0.717, 1.165) is 32.1 Å². The van der Waals surface area contributed by atoms with Gasteiger partial charge in [0.15, 0.2) is 16.6 Å². The van der Waals surface area contributed by atoms with Gasteiger partial charge in [-0.1, -0.05) is 76.3 Å². The third-order valence-electron chi connectivity index (χ3n) is 10.2. The van der Waals surface area contributed by atoms with Crippen molar-refractivity contribution in [3.8, 4) is 0 Å². The van der Waals surface area contributed by atoms with Crippen molar-refractivity contribution < 1.29 is 13.6 Å². The molecule has 2 aliphatic carbocycles. The smallest absolute Gasteiger partial charge is 0.192 e. The number of rotatable bonds is 6. The molecule has 1 aromatic rings. The van der Waals surface area contributed by atoms with Gasteiger partial charge in [-0.05, 0) is 80.5 Å². The average Bonchev–Trinajstić information content (AvgIpc) is 3.22. The molecule has 37 heavy (non-hydrogen) atoms. The summed E-state index contributed by atoms with van der Waals surface area (Å²) in [6, 6.07) is 10.9. The molecular weight excluding hydrogens is 489 g/mol. The van der Waals surface area contributed by atoms with Crippen LogP contribution in [0.1, 0.15) is 65.4 Å². The van der Waals surface area contributed by atoms with Crippen molar-refractivity contribution in [2.24, 2.45) is 17.8 Å². The molecule has 6 atom stereocenters. The van der Waals surface area contributed by atoms with Crippen molar-refractivity contribution in [1.29, 1.82) is 0 Å². The fourth-order valence-corrected chi connectivity index (χ4v) is 10.2. The molecule has 3 fully saturated rings. The molecule has 2 heterocycles. The Morgan fingerprint density at radius 1 is 1.08 bits per heavy atom. The maximum Gasteiger partial charge on any atom is 0.192 e. The summed E-state index contributed by atoms with van der Waals surface area (Å²) in [4.78, 5) is 0. The van der Waals surface area contributed by atoms with E-state index in [2.05, 4.69) is 109 Å². The van der Waals surface area contributed by atoms with Crippen LogP contribution in [0, 0.1) is 17.8 Å². The van der Waals surface area contributed by atoms with E-state index in [1.54, 1.807) is 0 Å². The van der Waals surface area contributed by atoms with Crippen LogP contribution in [-0.4, -0.2) is 40.0 Å². The SMILES string of the molecule is C[C@H]1C[C@H]2[C@@]34CCC=C[C@@H]3C[C@@](CO[Si](C)(C)C(C)(C)C)(C[C@]2(O[Si](C)(C)C)/C1=C\c1ccccc1)O4. The maximum absolute atomic E-state index is 7.52. The fourth-order valence-electron chi connectivity index (χ4n) is 7.70. The van der Waals surface area contributed by atoms with Crippen LogP contribution < -0.4 is 0 Å². The van der Waals surface area contributed by atoms with Crippen LogP contribution in [0.15, 0.2) is 48.1 Å². The van der Waals surface area contributed by atoms with Crippen LogP contribution in [-0.2, 0) is 13.6 Å². The highest BCUT2D eigenvalue weighted by Crippen LogP contribution is 2.69. The van der Waals surface area contributed by atoms with E-state index in [1.165, 1.54) is 11.1 Å². The summed E-state index contributed by atoms with van der Waals surface area (Å²) >= 11 is 0. The van der Waals surface area contributed by atoms with E-state index >= 15 is 0 Å². The third kappa shape index (κ3) is 4.71. The Balaban J connectivity index is 1.64. The second kappa shape index (κ2) is 9.02. The Morgan fingerprint density at radius 3 is 2.43 bits per heavy atom. The summed E-state index contributed by atoms with van der Waals surface area (Å²) in [6.07, 6.45) is 12.7. The molecule has 5 heteroatoms. The van der Waals surface area contributed by atoms with Gasteiger partial charge in [-0.2, -0.15) is 0 Å². The molecule has 2 bridgehead atoms. The molecule has 0 unspecified atom stereocenters. The van der Waals surface area contributed by atoms with Crippen LogP contribution >= 0.6 is 0 Å². The summed E-state index contributed by atoms with van der Waals surface area (Å²) in [5.74, 6) is 1.31. The van der Waals surface area contributed by atoms with Gasteiger partial charge in [0, 0.05) is 18.3 Å². The fraction of sp³-hybridized carbons (Fsp3) is 0.688. The van der Waals surface area contributed by atoms with Gasteiger partial charge in [-0.15, -0.1) is 0 Å². The van der Waals surface area contributed by atoms with Crippen molar-refractivity contribution in [2.75, 3.05) is 6.61 Å². The molecule has 204 valence electrons. The summed E-state index contributed by atoms with van der Waals surface area (Å²) in [7, 11) is -3.81. The largest absolute Gasteiger partial charge is 0.414 e. The highest BCUT2D eigenvalue weighted by Gasteiger charge is 2.73. The number of allylic oxidation sites excluding steroid dienone is 1. The van der Waals surface area contributed by atoms with Crippen molar-refractivity contribution in [1.82, 2.24) is 0 Å². The number of ether oxygens (including phenoxy) is 1. The van der Waals surface area contributed by atoms with E-state index in [-0.39, 0.29) is 21.8 Å². The molecule has 5 rings (SSSR count). The minimum absolute atomic E-state index is 0.149. The zero-order chi connectivity index (χ0) is 26.9. The lowest BCUT2D eigenvalue weighted by Crippen LogP contribution is -2.64. The van der Waals surface area contributed by atoms with Gasteiger partial charge in [0.2, 0.25) is 0 Å². The molecule has 2 aliphatic heterocycles. The molecule has 0 amide bonds. The Morgan fingerprint density at radius 2 is 1.78 bits per heavy atom. The lowest BCUT2D eigenvalue weighted by molar-refractivity contribution is -0.237. The van der Waals surface area contributed by atoms with E-state index in [4.69, 9.17) is 13.6 Å². The minimum atomic E-state index is -1.93. The second-order valence-electron chi connectivity index (χ2n) is 15.0. The maximum atomic E-state index is 7.52. The van der Waals surface area contributed by atoms with E-state index in [0.29, 0.717) is 24.4 Å². The molecule has 0 radical (unpaired) electrons. The lowest BCUT2D eigenvalue weighted by atomic mass is 9.66. The van der Waals surface area contributed by atoms with E-state index in [1.807, 2.05) is 0 Å². The zero-order valence-corrected chi connectivity index (χ0v) is 26.8.